The Hall–Kier alpha value is -2.80. The van der Waals surface area contributed by atoms with Crippen LogP contribution in [-0.2, 0) is 9.53 Å². The monoisotopic (exact) mass is 463 g/mol. The van der Waals surface area contributed by atoms with Gasteiger partial charge in [-0.1, -0.05) is 22.5 Å². The summed E-state index contributed by atoms with van der Waals surface area (Å²) in [6, 6.07) is 13.8. The summed E-state index contributed by atoms with van der Waals surface area (Å²) in [5.41, 5.74) is 6.85. The van der Waals surface area contributed by atoms with Crippen LogP contribution in [-0.4, -0.2) is 30.3 Å². The van der Waals surface area contributed by atoms with Crippen LogP contribution in [0.1, 0.15) is 36.5 Å². The Morgan fingerprint density at radius 2 is 1.59 bits per heavy atom. The van der Waals surface area contributed by atoms with Gasteiger partial charge in [-0.2, -0.15) is 0 Å². The van der Waals surface area contributed by atoms with E-state index in [1.54, 1.807) is 19.1 Å². The largest absolute Gasteiger partial charge is 0.494 e. The normalized spacial score (nSPS) is 9.72. The zero-order chi connectivity index (χ0) is 21.6. The number of aromatic carboxylic acids is 1. The Bertz CT molecular complexity index is 767. The van der Waals surface area contributed by atoms with E-state index >= 15 is 0 Å². The standard InChI is InChI=1S/C16H20O5.C6H6BrN/c1-12(2)16(19)21-11-5-3-4-10-20-14-8-6-13(7-9-14)15(17)18;7-5-1-3-6(8)4-2-5/h6-9H,1,3-5,10-11H2,2H3,(H,17,18);1-4H,8H2. The molecule has 2 rings (SSSR count). The van der Waals surface area contributed by atoms with E-state index in [0.717, 1.165) is 29.4 Å². The summed E-state index contributed by atoms with van der Waals surface area (Å²) in [4.78, 5) is 21.8. The molecular formula is C22H26BrNO5. The Balaban J connectivity index is 0.000000436. The van der Waals surface area contributed by atoms with Crippen LogP contribution < -0.4 is 10.5 Å². The van der Waals surface area contributed by atoms with Gasteiger partial charge in [0.05, 0.1) is 18.8 Å². The van der Waals surface area contributed by atoms with Crippen molar-refractivity contribution in [1.29, 1.82) is 0 Å². The summed E-state index contributed by atoms with van der Waals surface area (Å²) >= 11 is 3.29. The molecule has 3 N–H and O–H groups in total. The summed E-state index contributed by atoms with van der Waals surface area (Å²) in [6.07, 6.45) is 2.50. The highest BCUT2D eigenvalue weighted by molar-refractivity contribution is 9.10. The second-order valence-electron chi connectivity index (χ2n) is 6.21. The Morgan fingerprint density at radius 1 is 1.00 bits per heavy atom. The van der Waals surface area contributed by atoms with Crippen molar-refractivity contribution >= 4 is 33.6 Å². The molecule has 0 unspecified atom stereocenters. The molecule has 0 fully saturated rings. The van der Waals surface area contributed by atoms with E-state index in [-0.39, 0.29) is 11.5 Å². The number of benzene rings is 2. The second-order valence-corrected chi connectivity index (χ2v) is 7.12. The van der Waals surface area contributed by atoms with Gasteiger partial charge >= 0.3 is 11.9 Å². The molecule has 0 saturated carbocycles. The molecule has 0 radical (unpaired) electrons. The maximum Gasteiger partial charge on any atom is 0.335 e. The first-order valence-electron chi connectivity index (χ1n) is 9.09. The van der Waals surface area contributed by atoms with Crippen molar-refractivity contribution in [2.45, 2.75) is 26.2 Å². The summed E-state index contributed by atoms with van der Waals surface area (Å²) in [5.74, 6) is -0.663. The molecule has 0 aliphatic heterocycles. The van der Waals surface area contributed by atoms with Gasteiger partial charge in [0.2, 0.25) is 0 Å². The predicted octanol–water partition coefficient (Wildman–Crippen LogP) is 5.08. The van der Waals surface area contributed by atoms with Crippen molar-refractivity contribution in [2.75, 3.05) is 18.9 Å². The fourth-order valence-corrected chi connectivity index (χ4v) is 2.28. The van der Waals surface area contributed by atoms with Crippen molar-refractivity contribution in [3.05, 3.63) is 70.7 Å². The van der Waals surface area contributed by atoms with E-state index in [9.17, 15) is 9.59 Å². The molecule has 0 aliphatic carbocycles. The third-order valence-electron chi connectivity index (χ3n) is 3.61. The fourth-order valence-electron chi connectivity index (χ4n) is 2.02. The number of carbonyl (C=O) groups is 2. The number of esters is 1. The maximum absolute atomic E-state index is 11.1. The molecule has 2 aromatic carbocycles. The highest BCUT2D eigenvalue weighted by Crippen LogP contribution is 2.13. The van der Waals surface area contributed by atoms with Crippen LogP contribution in [0.2, 0.25) is 0 Å². The van der Waals surface area contributed by atoms with Crippen LogP contribution in [0.5, 0.6) is 5.75 Å². The number of carboxylic acid groups (broad SMARTS) is 1. The third kappa shape index (κ3) is 10.9. The second kappa shape index (κ2) is 13.4. The van der Waals surface area contributed by atoms with Gasteiger partial charge < -0.3 is 20.3 Å². The molecule has 0 heterocycles. The fraction of sp³-hybridized carbons (Fsp3) is 0.273. The molecule has 0 spiro atoms. The van der Waals surface area contributed by atoms with E-state index in [2.05, 4.69) is 22.5 Å². The maximum atomic E-state index is 11.1. The minimum absolute atomic E-state index is 0.238. The highest BCUT2D eigenvalue weighted by atomic mass is 79.9. The average molecular weight is 464 g/mol. The lowest BCUT2D eigenvalue weighted by atomic mass is 10.2. The number of ether oxygens (including phenoxy) is 2. The number of anilines is 1. The van der Waals surface area contributed by atoms with Crippen LogP contribution in [0.4, 0.5) is 5.69 Å². The lowest BCUT2D eigenvalue weighted by Crippen LogP contribution is -2.06. The summed E-state index contributed by atoms with van der Waals surface area (Å²) < 4.78 is 11.5. The molecule has 156 valence electrons. The van der Waals surface area contributed by atoms with Crippen molar-refractivity contribution < 1.29 is 24.2 Å². The molecule has 2 aromatic rings. The Labute approximate surface area is 179 Å². The molecule has 7 heteroatoms. The van der Waals surface area contributed by atoms with E-state index in [4.69, 9.17) is 20.3 Å². The number of rotatable bonds is 9. The lowest BCUT2D eigenvalue weighted by Gasteiger charge is -2.07. The first-order chi connectivity index (χ1) is 13.8. The SMILES string of the molecule is C=C(C)C(=O)OCCCCCOc1ccc(C(=O)O)cc1.Nc1ccc(Br)cc1. The van der Waals surface area contributed by atoms with E-state index < -0.39 is 5.97 Å². The first kappa shape index (κ1) is 24.2. The van der Waals surface area contributed by atoms with Gasteiger partial charge in [-0.3, -0.25) is 0 Å². The lowest BCUT2D eigenvalue weighted by molar-refractivity contribution is -0.139. The quantitative estimate of drug-likeness (QED) is 0.232. The number of nitrogens with two attached hydrogens (primary N) is 1. The van der Waals surface area contributed by atoms with Crippen molar-refractivity contribution in [1.82, 2.24) is 0 Å². The first-order valence-corrected chi connectivity index (χ1v) is 9.88. The third-order valence-corrected chi connectivity index (χ3v) is 4.14. The van der Waals surface area contributed by atoms with Crippen LogP contribution >= 0.6 is 15.9 Å². The Kier molecular flexibility index (Phi) is 11.2. The topological polar surface area (TPSA) is 98.8 Å². The molecule has 0 saturated heterocycles. The molecule has 0 atom stereocenters. The summed E-state index contributed by atoms with van der Waals surface area (Å²) in [5, 5.41) is 8.76. The molecule has 0 amide bonds. The van der Waals surface area contributed by atoms with Crippen LogP contribution in [0, 0.1) is 0 Å². The summed E-state index contributed by atoms with van der Waals surface area (Å²) in [6.45, 7) is 6.05. The van der Waals surface area contributed by atoms with E-state index in [0.29, 0.717) is 24.5 Å². The van der Waals surface area contributed by atoms with Gasteiger partial charge in [-0.25, -0.2) is 9.59 Å². The molecular weight excluding hydrogens is 438 g/mol. The van der Waals surface area contributed by atoms with Crippen LogP contribution in [0.15, 0.2) is 65.2 Å². The Morgan fingerprint density at radius 3 is 2.10 bits per heavy atom. The minimum Gasteiger partial charge on any atom is -0.494 e. The number of carbonyl (C=O) groups excluding carboxylic acids is 1. The van der Waals surface area contributed by atoms with Crippen LogP contribution in [0.3, 0.4) is 0 Å². The van der Waals surface area contributed by atoms with E-state index in [1.165, 1.54) is 12.1 Å². The number of unbranched alkanes of at least 4 members (excludes halogenated alkanes) is 2. The van der Waals surface area contributed by atoms with Gasteiger partial charge in [0.1, 0.15) is 5.75 Å². The highest BCUT2D eigenvalue weighted by Gasteiger charge is 2.03. The van der Waals surface area contributed by atoms with Gasteiger partial charge in [0.15, 0.2) is 0 Å². The number of carboxylic acids is 1. The zero-order valence-corrected chi connectivity index (χ0v) is 18.0. The smallest absolute Gasteiger partial charge is 0.335 e. The predicted molar refractivity (Wildman–Crippen MR) is 117 cm³/mol. The number of nitrogen functional groups attached to an aromatic ring is 1. The number of hydrogen-bond donors (Lipinski definition) is 2. The van der Waals surface area contributed by atoms with Crippen molar-refractivity contribution in [2.24, 2.45) is 0 Å². The summed E-state index contributed by atoms with van der Waals surface area (Å²) in [7, 11) is 0. The average Bonchev–Trinajstić information content (AvgIpc) is 2.70. The molecule has 6 nitrogen and oxygen atoms in total. The molecule has 0 aromatic heterocycles. The molecule has 0 aliphatic rings. The van der Waals surface area contributed by atoms with Gasteiger partial charge in [0.25, 0.3) is 0 Å². The van der Waals surface area contributed by atoms with Crippen molar-refractivity contribution in [3.63, 3.8) is 0 Å². The van der Waals surface area contributed by atoms with Gasteiger partial charge in [-0.05, 0) is 74.7 Å². The number of halogens is 1. The van der Waals surface area contributed by atoms with E-state index in [1.807, 2.05) is 24.3 Å². The molecule has 29 heavy (non-hydrogen) atoms. The van der Waals surface area contributed by atoms with Gasteiger partial charge in [-0.15, -0.1) is 0 Å². The zero-order valence-electron chi connectivity index (χ0n) is 16.4. The van der Waals surface area contributed by atoms with Crippen LogP contribution in [0.25, 0.3) is 0 Å². The van der Waals surface area contributed by atoms with Gasteiger partial charge in [0, 0.05) is 15.7 Å². The molecule has 0 bridgehead atoms. The minimum atomic E-state index is -0.953. The number of hydrogen-bond acceptors (Lipinski definition) is 5. The van der Waals surface area contributed by atoms with Crippen molar-refractivity contribution in [3.8, 4) is 5.75 Å².